The van der Waals surface area contributed by atoms with Crippen LogP contribution in [0.1, 0.15) is 11.8 Å². The smallest absolute Gasteiger partial charge is 0.394 e. The zero-order valence-corrected chi connectivity index (χ0v) is 10.5. The zero-order valence-electron chi connectivity index (χ0n) is 10.5. The van der Waals surface area contributed by atoms with Crippen molar-refractivity contribution in [3.63, 3.8) is 0 Å². The molecule has 1 aromatic heterocycles. The third kappa shape index (κ3) is 2.53. The van der Waals surface area contributed by atoms with Crippen LogP contribution in [0.4, 0.5) is 22.0 Å². The van der Waals surface area contributed by atoms with Gasteiger partial charge in [0.15, 0.2) is 6.10 Å². The highest BCUT2D eigenvalue weighted by Crippen LogP contribution is 2.42. The molecule has 2 rings (SSSR count). The SMILES string of the molecule is O=c1[nH]c(=O)n([C@@H]2O[C@H](CO)C(O)C2(F)F)cc1C(F)(F)F. The molecule has 0 amide bonds. The minimum Gasteiger partial charge on any atom is -0.394 e. The first kappa shape index (κ1) is 16.6. The monoisotopic (exact) mass is 332 g/mol. The quantitative estimate of drug-likeness (QED) is 0.630. The van der Waals surface area contributed by atoms with Gasteiger partial charge in [0.1, 0.15) is 11.7 Å². The number of H-pyrrole nitrogens is 1. The van der Waals surface area contributed by atoms with E-state index in [-0.39, 0.29) is 10.8 Å². The zero-order chi connectivity index (χ0) is 16.9. The minimum atomic E-state index is -5.19. The van der Waals surface area contributed by atoms with Crippen molar-refractivity contribution in [3.05, 3.63) is 32.6 Å². The fraction of sp³-hybridized carbons (Fsp3) is 0.600. The lowest BCUT2D eigenvalue weighted by molar-refractivity contribution is -0.148. The summed E-state index contributed by atoms with van der Waals surface area (Å²) in [7, 11) is 0. The lowest BCUT2D eigenvalue weighted by atomic mass is 10.1. The second-order valence-corrected chi connectivity index (χ2v) is 4.54. The van der Waals surface area contributed by atoms with Gasteiger partial charge < -0.3 is 14.9 Å². The number of aliphatic hydroxyl groups is 2. The molecule has 124 valence electrons. The van der Waals surface area contributed by atoms with Gasteiger partial charge in [-0.2, -0.15) is 22.0 Å². The predicted molar refractivity (Wildman–Crippen MR) is 58.3 cm³/mol. The Bertz CT molecular complexity index is 682. The summed E-state index contributed by atoms with van der Waals surface area (Å²) in [6, 6.07) is 0. The summed E-state index contributed by atoms with van der Waals surface area (Å²) in [6.45, 7) is -1.04. The van der Waals surface area contributed by atoms with Gasteiger partial charge in [-0.1, -0.05) is 0 Å². The Balaban J connectivity index is 2.59. The molecular formula is C10H9F5N2O5. The Labute approximate surface area is 117 Å². The van der Waals surface area contributed by atoms with E-state index in [4.69, 9.17) is 5.11 Å². The lowest BCUT2D eigenvalue weighted by Crippen LogP contribution is -2.44. The molecule has 1 saturated heterocycles. The van der Waals surface area contributed by atoms with E-state index in [9.17, 15) is 36.6 Å². The van der Waals surface area contributed by atoms with Crippen LogP contribution in [-0.4, -0.2) is 44.5 Å². The van der Waals surface area contributed by atoms with Gasteiger partial charge in [-0.05, 0) is 0 Å². The number of aliphatic hydroxyl groups excluding tert-OH is 2. The van der Waals surface area contributed by atoms with Crippen LogP contribution in [0, 0.1) is 0 Å². The number of ether oxygens (including phenoxy) is 1. The third-order valence-electron chi connectivity index (χ3n) is 3.09. The summed E-state index contributed by atoms with van der Waals surface area (Å²) in [6.07, 6.45) is -12.2. The average molecular weight is 332 g/mol. The lowest BCUT2D eigenvalue weighted by Gasteiger charge is -2.21. The fourth-order valence-electron chi connectivity index (χ4n) is 1.98. The molecule has 3 N–H and O–H groups in total. The first-order valence-electron chi connectivity index (χ1n) is 5.75. The van der Waals surface area contributed by atoms with E-state index in [0.29, 0.717) is 0 Å². The molecule has 0 radical (unpaired) electrons. The summed E-state index contributed by atoms with van der Waals surface area (Å²) in [5.74, 6) is -4.15. The first-order chi connectivity index (χ1) is 10.00. The van der Waals surface area contributed by atoms with Crippen molar-refractivity contribution in [2.75, 3.05) is 6.61 Å². The van der Waals surface area contributed by atoms with Crippen LogP contribution in [0.25, 0.3) is 0 Å². The van der Waals surface area contributed by atoms with E-state index in [0.717, 1.165) is 0 Å². The van der Waals surface area contributed by atoms with Gasteiger partial charge in [-0.15, -0.1) is 0 Å². The molecule has 1 aliphatic rings. The fourth-order valence-corrected chi connectivity index (χ4v) is 1.98. The van der Waals surface area contributed by atoms with E-state index in [2.05, 4.69) is 4.74 Å². The molecule has 1 aromatic rings. The van der Waals surface area contributed by atoms with Gasteiger partial charge in [0.05, 0.1) is 6.61 Å². The molecular weight excluding hydrogens is 323 g/mol. The van der Waals surface area contributed by atoms with Crippen LogP contribution in [-0.2, 0) is 10.9 Å². The van der Waals surface area contributed by atoms with Crippen LogP contribution >= 0.6 is 0 Å². The maximum Gasteiger partial charge on any atom is 0.423 e. The van der Waals surface area contributed by atoms with E-state index >= 15 is 0 Å². The number of hydrogen-bond donors (Lipinski definition) is 3. The molecule has 1 fully saturated rings. The van der Waals surface area contributed by atoms with Crippen LogP contribution in [0.5, 0.6) is 0 Å². The van der Waals surface area contributed by atoms with Crippen molar-refractivity contribution in [1.82, 2.24) is 9.55 Å². The second kappa shape index (κ2) is 5.14. The Morgan fingerprint density at radius 1 is 1.36 bits per heavy atom. The number of aromatic nitrogens is 2. The molecule has 1 aliphatic heterocycles. The third-order valence-corrected chi connectivity index (χ3v) is 3.09. The van der Waals surface area contributed by atoms with Crippen molar-refractivity contribution in [1.29, 1.82) is 0 Å². The molecule has 12 heteroatoms. The molecule has 0 aliphatic carbocycles. The standard InChI is InChI=1S/C10H9F5N2O5/c11-9(12)5(19)4(2-18)22-7(9)17-1-3(10(13,14)15)6(20)16-8(17)21/h1,4-5,7,18-19H,2H2,(H,16,20,21)/t4-,5?,7-/m1/s1. The van der Waals surface area contributed by atoms with Crippen LogP contribution in [0.2, 0.25) is 0 Å². The van der Waals surface area contributed by atoms with Gasteiger partial charge >= 0.3 is 17.8 Å². The number of nitrogens with zero attached hydrogens (tertiary/aromatic N) is 1. The highest BCUT2D eigenvalue weighted by atomic mass is 19.4. The highest BCUT2D eigenvalue weighted by Gasteiger charge is 2.59. The summed E-state index contributed by atoms with van der Waals surface area (Å²) in [5.41, 5.74) is -5.25. The molecule has 7 nitrogen and oxygen atoms in total. The van der Waals surface area contributed by atoms with Crippen LogP contribution in [0.3, 0.4) is 0 Å². The van der Waals surface area contributed by atoms with Crippen molar-refractivity contribution in [3.8, 4) is 0 Å². The van der Waals surface area contributed by atoms with Crippen LogP contribution in [0.15, 0.2) is 15.8 Å². The van der Waals surface area contributed by atoms with Crippen molar-refractivity contribution in [2.45, 2.75) is 30.5 Å². The number of nitrogens with one attached hydrogen (secondary N) is 1. The molecule has 2 heterocycles. The minimum absolute atomic E-state index is 0.119. The normalized spacial score (nSPS) is 28.0. The summed E-state index contributed by atoms with van der Waals surface area (Å²) in [5, 5.41) is 18.1. The van der Waals surface area contributed by atoms with Crippen LogP contribution < -0.4 is 11.2 Å². The molecule has 1 unspecified atom stereocenters. The largest absolute Gasteiger partial charge is 0.423 e. The van der Waals surface area contributed by atoms with E-state index < -0.39 is 54.0 Å². The summed E-state index contributed by atoms with van der Waals surface area (Å²) >= 11 is 0. The highest BCUT2D eigenvalue weighted by molar-refractivity contribution is 5.10. The molecule has 3 atom stereocenters. The average Bonchev–Trinajstić information content (AvgIpc) is 2.60. The number of rotatable bonds is 2. The summed E-state index contributed by atoms with van der Waals surface area (Å²) in [4.78, 5) is 23.8. The number of hydrogen-bond acceptors (Lipinski definition) is 5. The Hall–Kier alpha value is -1.79. The van der Waals surface area contributed by atoms with Gasteiger partial charge in [0, 0.05) is 6.20 Å². The van der Waals surface area contributed by atoms with Gasteiger partial charge in [-0.3, -0.25) is 14.3 Å². The maximum absolute atomic E-state index is 13.8. The van der Waals surface area contributed by atoms with Gasteiger partial charge in [-0.25, -0.2) is 4.79 Å². The Kier molecular flexibility index (Phi) is 3.87. The predicted octanol–water partition coefficient (Wildman–Crippen LogP) is -0.559. The number of alkyl halides is 5. The van der Waals surface area contributed by atoms with Gasteiger partial charge in [0.25, 0.3) is 5.56 Å². The topological polar surface area (TPSA) is 105 Å². The number of aromatic amines is 1. The molecule has 0 aromatic carbocycles. The maximum atomic E-state index is 13.8. The second-order valence-electron chi connectivity index (χ2n) is 4.54. The van der Waals surface area contributed by atoms with E-state index in [1.54, 1.807) is 0 Å². The van der Waals surface area contributed by atoms with Gasteiger partial charge in [0.2, 0.25) is 6.23 Å². The van der Waals surface area contributed by atoms with Crippen molar-refractivity contribution >= 4 is 0 Å². The molecule has 22 heavy (non-hydrogen) atoms. The Morgan fingerprint density at radius 2 is 1.95 bits per heavy atom. The molecule has 0 bridgehead atoms. The first-order valence-corrected chi connectivity index (χ1v) is 5.75. The Morgan fingerprint density at radius 3 is 2.41 bits per heavy atom. The molecule has 0 saturated carbocycles. The van der Waals surface area contributed by atoms with E-state index in [1.165, 1.54) is 4.98 Å². The number of halogens is 5. The molecule has 0 spiro atoms. The van der Waals surface area contributed by atoms with Crippen molar-refractivity contribution < 1.29 is 36.9 Å². The van der Waals surface area contributed by atoms with Crippen molar-refractivity contribution in [2.24, 2.45) is 0 Å². The summed E-state index contributed by atoms with van der Waals surface area (Å²) < 4.78 is 69.8. The van der Waals surface area contributed by atoms with E-state index in [1.807, 2.05) is 0 Å².